The van der Waals surface area contributed by atoms with Gasteiger partial charge < -0.3 is 11.1 Å². The van der Waals surface area contributed by atoms with Gasteiger partial charge in [-0.1, -0.05) is 12.1 Å². The molecule has 0 saturated heterocycles. The number of carbonyl (C=O) groups is 1. The predicted molar refractivity (Wildman–Crippen MR) is 89.9 cm³/mol. The number of amides is 1. The zero-order chi connectivity index (χ0) is 24.0. The summed E-state index contributed by atoms with van der Waals surface area (Å²) in [6, 6.07) is 4.20. The number of hydrogen-bond donors (Lipinski definition) is 2. The number of aryl methyl sites for hydroxylation is 1. The molecule has 0 radical (unpaired) electrons. The lowest BCUT2D eigenvalue weighted by atomic mass is 9.90. The first kappa shape index (κ1) is 24.3. The van der Waals surface area contributed by atoms with Gasteiger partial charge >= 0.3 is 24.2 Å². The Morgan fingerprint density at radius 3 is 1.87 bits per heavy atom. The summed E-state index contributed by atoms with van der Waals surface area (Å²) in [6.45, 7) is 0.695. The molecule has 2 aromatic rings. The maximum atomic E-state index is 14.3. The maximum Gasteiger partial charge on any atom is 0.435 e. The summed E-state index contributed by atoms with van der Waals surface area (Å²) in [7, 11) is 0. The van der Waals surface area contributed by atoms with Crippen molar-refractivity contribution in [1.82, 2.24) is 0 Å². The van der Waals surface area contributed by atoms with Gasteiger partial charge in [0.05, 0.1) is 11.3 Å². The number of nitrogen functional groups attached to an aromatic ring is 1. The normalized spacial score (nSPS) is 13.3. The van der Waals surface area contributed by atoms with Crippen LogP contribution in [0.5, 0.6) is 0 Å². The molecule has 0 aliphatic heterocycles. The van der Waals surface area contributed by atoms with Crippen molar-refractivity contribution < 1.29 is 48.7 Å². The summed E-state index contributed by atoms with van der Waals surface area (Å²) in [5.74, 6) is -1.17. The molecule has 0 unspecified atom stereocenters. The molecule has 0 aliphatic carbocycles. The van der Waals surface area contributed by atoms with E-state index in [-0.39, 0.29) is 17.3 Å². The number of anilines is 2. The minimum Gasteiger partial charge on any atom is -0.399 e. The highest BCUT2D eigenvalue weighted by molar-refractivity contribution is 6.05. The lowest BCUT2D eigenvalue weighted by Crippen LogP contribution is -2.50. The molecule has 0 atom stereocenters. The van der Waals surface area contributed by atoms with Gasteiger partial charge in [-0.25, -0.2) is 4.39 Å². The third-order valence-corrected chi connectivity index (χ3v) is 4.21. The Morgan fingerprint density at radius 2 is 1.42 bits per heavy atom. The highest BCUT2D eigenvalue weighted by Crippen LogP contribution is 2.54. The lowest BCUT2D eigenvalue weighted by Gasteiger charge is -2.31. The fraction of sp³-hybridized carbons (Fsp3) is 0.278. The van der Waals surface area contributed by atoms with Crippen molar-refractivity contribution in [3.05, 3.63) is 58.7 Å². The van der Waals surface area contributed by atoms with E-state index in [4.69, 9.17) is 5.73 Å². The second-order valence-corrected chi connectivity index (χ2v) is 6.45. The van der Waals surface area contributed by atoms with Gasteiger partial charge in [-0.2, -0.15) is 39.5 Å². The standard InChI is InChI=1S/C18H12F10N2O/c1-8-5-10(15(19,17(23,24)25)18(26,27)28)7-12(16(20,21)22)13(8)30-14(31)9-3-2-4-11(29)6-9/h2-7H,29H2,1H3,(H,30,31). The van der Waals surface area contributed by atoms with E-state index in [2.05, 4.69) is 0 Å². The average Bonchev–Trinajstić information content (AvgIpc) is 2.59. The molecule has 13 heteroatoms. The Balaban J connectivity index is 2.70. The minimum absolute atomic E-state index is 0.0504. The molecule has 0 spiro atoms. The van der Waals surface area contributed by atoms with Crippen LogP contribution in [-0.2, 0) is 11.8 Å². The van der Waals surface area contributed by atoms with Crippen LogP contribution in [0.3, 0.4) is 0 Å². The first-order valence-electron chi connectivity index (χ1n) is 8.11. The molecule has 0 bridgehead atoms. The van der Waals surface area contributed by atoms with Crippen molar-refractivity contribution in [2.45, 2.75) is 31.1 Å². The summed E-state index contributed by atoms with van der Waals surface area (Å²) in [6.07, 6.45) is -18.7. The molecule has 0 fully saturated rings. The highest BCUT2D eigenvalue weighted by Gasteiger charge is 2.73. The van der Waals surface area contributed by atoms with Crippen LogP contribution in [0.2, 0.25) is 0 Å². The SMILES string of the molecule is Cc1cc(C(F)(C(F)(F)F)C(F)(F)F)cc(C(F)(F)F)c1NC(=O)c1cccc(N)c1. The zero-order valence-corrected chi connectivity index (χ0v) is 15.2. The van der Waals surface area contributed by atoms with Crippen LogP contribution in [-0.4, -0.2) is 18.3 Å². The van der Waals surface area contributed by atoms with E-state index in [1.54, 1.807) is 5.32 Å². The number of alkyl halides is 10. The third-order valence-electron chi connectivity index (χ3n) is 4.21. The summed E-state index contributed by atoms with van der Waals surface area (Å²) in [5.41, 5.74) is -7.20. The fourth-order valence-electron chi connectivity index (χ4n) is 2.73. The number of nitrogens with two attached hydrogens (primary N) is 1. The van der Waals surface area contributed by atoms with Crippen molar-refractivity contribution in [3.8, 4) is 0 Å². The second kappa shape index (κ2) is 7.61. The van der Waals surface area contributed by atoms with Crippen molar-refractivity contribution in [1.29, 1.82) is 0 Å². The molecule has 0 heterocycles. The Kier molecular flexibility index (Phi) is 5.96. The van der Waals surface area contributed by atoms with Gasteiger partial charge in [-0.3, -0.25) is 4.79 Å². The average molecular weight is 462 g/mol. The minimum atomic E-state index is -6.60. The summed E-state index contributed by atoms with van der Waals surface area (Å²) < 4.78 is 132. The van der Waals surface area contributed by atoms with E-state index in [0.717, 1.165) is 12.1 Å². The number of rotatable bonds is 3. The molecular weight excluding hydrogens is 450 g/mol. The van der Waals surface area contributed by atoms with Gasteiger partial charge in [0.1, 0.15) is 0 Å². The first-order chi connectivity index (χ1) is 13.9. The molecule has 0 aromatic heterocycles. The molecule has 3 N–H and O–H groups in total. The van der Waals surface area contributed by atoms with Crippen molar-refractivity contribution in [3.63, 3.8) is 0 Å². The van der Waals surface area contributed by atoms with Crippen LogP contribution in [0.1, 0.15) is 27.0 Å². The predicted octanol–water partition coefficient (Wildman–Crippen LogP) is 6.14. The van der Waals surface area contributed by atoms with E-state index in [9.17, 15) is 48.7 Å². The fourth-order valence-corrected chi connectivity index (χ4v) is 2.73. The van der Waals surface area contributed by atoms with Crippen LogP contribution >= 0.6 is 0 Å². The van der Waals surface area contributed by atoms with E-state index in [0.29, 0.717) is 6.92 Å². The van der Waals surface area contributed by atoms with E-state index in [1.807, 2.05) is 0 Å². The molecular formula is C18H12F10N2O. The van der Waals surface area contributed by atoms with E-state index < -0.39 is 58.5 Å². The molecule has 2 rings (SSSR count). The van der Waals surface area contributed by atoms with Gasteiger partial charge in [0.25, 0.3) is 5.91 Å². The first-order valence-corrected chi connectivity index (χ1v) is 8.11. The summed E-state index contributed by atoms with van der Waals surface area (Å²) in [5, 5.41) is 1.79. The quantitative estimate of drug-likeness (QED) is 0.426. The maximum absolute atomic E-state index is 14.3. The topological polar surface area (TPSA) is 55.1 Å². The van der Waals surface area contributed by atoms with Gasteiger partial charge in [0, 0.05) is 16.8 Å². The third kappa shape index (κ3) is 4.54. The van der Waals surface area contributed by atoms with Crippen molar-refractivity contribution in [2.24, 2.45) is 0 Å². The van der Waals surface area contributed by atoms with Crippen LogP contribution < -0.4 is 11.1 Å². The van der Waals surface area contributed by atoms with Gasteiger partial charge in [0.2, 0.25) is 0 Å². The van der Waals surface area contributed by atoms with Crippen molar-refractivity contribution >= 4 is 17.3 Å². The van der Waals surface area contributed by atoms with Crippen LogP contribution in [0.15, 0.2) is 36.4 Å². The van der Waals surface area contributed by atoms with Crippen LogP contribution in [0, 0.1) is 6.92 Å². The van der Waals surface area contributed by atoms with E-state index in [1.165, 1.54) is 12.1 Å². The van der Waals surface area contributed by atoms with Gasteiger partial charge in [0.15, 0.2) is 0 Å². The van der Waals surface area contributed by atoms with Crippen LogP contribution in [0.25, 0.3) is 0 Å². The summed E-state index contributed by atoms with van der Waals surface area (Å²) >= 11 is 0. The zero-order valence-electron chi connectivity index (χ0n) is 15.2. The Bertz CT molecular complexity index is 978. The number of hydrogen-bond acceptors (Lipinski definition) is 2. The molecule has 3 nitrogen and oxygen atoms in total. The Morgan fingerprint density at radius 1 is 0.871 bits per heavy atom. The molecule has 170 valence electrons. The molecule has 2 aromatic carbocycles. The van der Waals surface area contributed by atoms with Gasteiger partial charge in [-0.15, -0.1) is 0 Å². The number of benzene rings is 2. The molecule has 1 amide bonds. The smallest absolute Gasteiger partial charge is 0.399 e. The molecule has 0 saturated carbocycles. The highest BCUT2D eigenvalue weighted by atomic mass is 19.4. The van der Waals surface area contributed by atoms with Crippen molar-refractivity contribution in [2.75, 3.05) is 11.1 Å². The van der Waals surface area contributed by atoms with Crippen LogP contribution in [0.4, 0.5) is 55.3 Å². The van der Waals surface area contributed by atoms with E-state index >= 15 is 0 Å². The lowest BCUT2D eigenvalue weighted by molar-refractivity contribution is -0.348. The summed E-state index contributed by atoms with van der Waals surface area (Å²) in [4.78, 5) is 12.2. The Hall–Kier alpha value is -2.99. The molecule has 31 heavy (non-hydrogen) atoms. The van der Waals surface area contributed by atoms with Gasteiger partial charge in [-0.05, 0) is 36.8 Å². The Labute approximate surface area is 167 Å². The number of nitrogens with one attached hydrogen (secondary N) is 1. The number of carbonyl (C=O) groups excluding carboxylic acids is 1. The molecule has 0 aliphatic rings. The largest absolute Gasteiger partial charge is 0.435 e. The monoisotopic (exact) mass is 462 g/mol. The number of halogens is 10. The second-order valence-electron chi connectivity index (χ2n) is 6.45.